The Morgan fingerprint density at radius 2 is 0.836 bits per heavy atom. The van der Waals surface area contributed by atoms with Crippen molar-refractivity contribution in [3.63, 3.8) is 0 Å². The molecular weight excluding hydrogens is 945 g/mol. The molecular formula is C55H72N2O16+2. The summed E-state index contributed by atoms with van der Waals surface area (Å²) in [5.74, 6) is 9.35. The molecule has 18 heteroatoms. The average Bonchev–Trinajstić information content (AvgIpc) is 3.41. The average molecular weight is 1020 g/mol. The summed E-state index contributed by atoms with van der Waals surface area (Å²) < 4.78 is 81.7. The number of esters is 2. The molecule has 6 rings (SSSR count). The second-order valence-corrected chi connectivity index (χ2v) is 18.1. The smallest absolute Gasteiger partial charge is 0.384 e. The number of carbonyl (C=O) groups excluding carboxylic acids is 2. The first-order chi connectivity index (χ1) is 35.2. The molecule has 18 nitrogen and oxygen atoms in total. The Balaban J connectivity index is 1.13. The molecule has 0 bridgehead atoms. The van der Waals surface area contributed by atoms with Crippen LogP contribution in [-0.2, 0) is 38.3 Å². The van der Waals surface area contributed by atoms with Gasteiger partial charge in [0.15, 0.2) is 46.0 Å². The molecule has 0 fully saturated rings. The van der Waals surface area contributed by atoms with Gasteiger partial charge in [0.2, 0.25) is 23.0 Å². The molecule has 2 heterocycles. The van der Waals surface area contributed by atoms with Crippen molar-refractivity contribution in [1.29, 1.82) is 0 Å². The minimum atomic E-state index is -0.830. The summed E-state index contributed by atoms with van der Waals surface area (Å²) in [4.78, 5) is 25.8. The molecule has 4 aromatic rings. The predicted molar refractivity (Wildman–Crippen MR) is 271 cm³/mol. The van der Waals surface area contributed by atoms with E-state index in [0.717, 1.165) is 52.9 Å². The summed E-state index contributed by atoms with van der Waals surface area (Å²) in [7, 11) is 23.4. The van der Waals surface area contributed by atoms with Crippen molar-refractivity contribution < 1.29 is 84.9 Å². The molecule has 73 heavy (non-hydrogen) atoms. The Bertz CT molecular complexity index is 2630. The second-order valence-electron chi connectivity index (χ2n) is 18.1. The van der Waals surface area contributed by atoms with Gasteiger partial charge in [-0.25, -0.2) is 9.59 Å². The maximum atomic E-state index is 12.9. The van der Waals surface area contributed by atoms with Gasteiger partial charge in [-0.05, 0) is 53.1 Å². The molecule has 0 amide bonds. The number of ether oxygens (including phenoxy) is 14. The monoisotopic (exact) mass is 1020 g/mol. The zero-order valence-electron chi connectivity index (χ0n) is 44.8. The van der Waals surface area contributed by atoms with Crippen molar-refractivity contribution in [2.24, 2.45) is 0 Å². The Kier molecular flexibility index (Phi) is 18.6. The normalized spacial score (nSPS) is 18.5. The van der Waals surface area contributed by atoms with Crippen molar-refractivity contribution in [3.05, 3.63) is 69.8 Å². The van der Waals surface area contributed by atoms with Crippen molar-refractivity contribution in [1.82, 2.24) is 0 Å². The van der Waals surface area contributed by atoms with Gasteiger partial charge >= 0.3 is 11.9 Å². The number of carbonyl (C=O) groups is 2. The third-order valence-electron chi connectivity index (χ3n) is 14.2. The van der Waals surface area contributed by atoms with E-state index in [0.29, 0.717) is 117 Å². The highest BCUT2D eigenvalue weighted by molar-refractivity contribution is 5.98. The van der Waals surface area contributed by atoms with Gasteiger partial charge in [-0.2, -0.15) is 0 Å². The topological polar surface area (TPSA) is 163 Å². The number of hydrogen-bond acceptors (Lipinski definition) is 16. The van der Waals surface area contributed by atoms with Crippen LogP contribution in [0.25, 0.3) is 0 Å². The van der Waals surface area contributed by atoms with Crippen molar-refractivity contribution in [2.75, 3.05) is 139 Å². The van der Waals surface area contributed by atoms with Gasteiger partial charge < -0.3 is 75.3 Å². The number of benzene rings is 4. The molecule has 0 saturated heterocycles. The highest BCUT2D eigenvalue weighted by Crippen LogP contribution is 2.54. The summed E-state index contributed by atoms with van der Waals surface area (Å²) >= 11 is 0. The molecule has 4 unspecified atom stereocenters. The van der Waals surface area contributed by atoms with Gasteiger partial charge in [0, 0.05) is 49.5 Å². The van der Waals surface area contributed by atoms with E-state index in [2.05, 4.69) is 25.9 Å². The number of fused-ring (bicyclic) bond motifs is 2. The highest BCUT2D eigenvalue weighted by atomic mass is 16.6. The summed E-state index contributed by atoms with van der Waals surface area (Å²) in [5.41, 5.74) is 5.91. The maximum Gasteiger partial charge on any atom is 0.384 e. The van der Waals surface area contributed by atoms with Gasteiger partial charge in [0.05, 0.1) is 150 Å². The number of methoxy groups -OCH3 is 12. The molecule has 0 radical (unpaired) electrons. The van der Waals surface area contributed by atoms with Gasteiger partial charge in [0.25, 0.3) is 0 Å². The summed E-state index contributed by atoms with van der Waals surface area (Å²) in [6.45, 7) is 2.86. The molecule has 396 valence electrons. The fourth-order valence-electron chi connectivity index (χ4n) is 10.6. The molecule has 0 aliphatic carbocycles. The molecule has 0 N–H and O–H groups in total. The molecule has 0 spiro atoms. The van der Waals surface area contributed by atoms with Gasteiger partial charge in [-0.15, -0.1) is 0 Å². The number of likely N-dealkylation sites (N-methyl/N-ethyl adjacent to an activating group) is 2. The Morgan fingerprint density at radius 1 is 0.466 bits per heavy atom. The van der Waals surface area contributed by atoms with E-state index in [1.165, 1.54) is 0 Å². The van der Waals surface area contributed by atoms with Crippen LogP contribution in [0.5, 0.6) is 69.0 Å². The first-order valence-corrected chi connectivity index (χ1v) is 24.0. The molecule has 4 aromatic carbocycles. The summed E-state index contributed by atoms with van der Waals surface area (Å²) in [6.07, 6.45) is 3.00. The quantitative estimate of drug-likeness (QED) is 0.0252. The highest BCUT2D eigenvalue weighted by Gasteiger charge is 2.46. The lowest BCUT2D eigenvalue weighted by Gasteiger charge is -2.46. The van der Waals surface area contributed by atoms with E-state index in [4.69, 9.17) is 66.3 Å². The van der Waals surface area contributed by atoms with E-state index in [1.807, 2.05) is 36.4 Å². The molecule has 0 saturated carbocycles. The van der Waals surface area contributed by atoms with Crippen molar-refractivity contribution in [3.8, 4) is 80.8 Å². The van der Waals surface area contributed by atoms with Crippen LogP contribution in [0, 0.1) is 11.8 Å². The Morgan fingerprint density at radius 3 is 1.26 bits per heavy atom. The molecule has 2 aliphatic heterocycles. The van der Waals surface area contributed by atoms with Crippen molar-refractivity contribution >= 4 is 11.9 Å². The van der Waals surface area contributed by atoms with Crippen LogP contribution < -0.4 is 56.8 Å². The lowest BCUT2D eigenvalue weighted by Crippen LogP contribution is -2.52. The van der Waals surface area contributed by atoms with E-state index in [-0.39, 0.29) is 25.3 Å². The van der Waals surface area contributed by atoms with Gasteiger partial charge in [-0.3, -0.25) is 0 Å². The van der Waals surface area contributed by atoms with E-state index in [1.54, 1.807) is 85.3 Å². The zero-order valence-corrected chi connectivity index (χ0v) is 44.8. The minimum Gasteiger partial charge on any atom is -0.493 e. The van der Waals surface area contributed by atoms with Crippen LogP contribution in [0.1, 0.15) is 58.3 Å². The van der Waals surface area contributed by atoms with Crippen LogP contribution in [0.15, 0.2) is 36.4 Å². The van der Waals surface area contributed by atoms with E-state index >= 15 is 0 Å². The zero-order chi connectivity index (χ0) is 53.0. The molecule has 0 aromatic heterocycles. The lowest BCUT2D eigenvalue weighted by atomic mass is 9.84. The third kappa shape index (κ3) is 11.4. The number of hydrogen-bond donors (Lipinski definition) is 0. The molecule has 4 atom stereocenters. The third-order valence-corrected chi connectivity index (χ3v) is 14.2. The van der Waals surface area contributed by atoms with Gasteiger partial charge in [-0.1, -0.05) is 0 Å². The summed E-state index contributed by atoms with van der Waals surface area (Å²) in [6, 6.07) is 11.4. The van der Waals surface area contributed by atoms with Crippen LogP contribution >= 0.6 is 0 Å². The first-order valence-electron chi connectivity index (χ1n) is 24.0. The Labute approximate surface area is 429 Å². The fraction of sp³-hybridized carbons (Fsp3) is 0.491. The SMILES string of the molecule is COc1cc(CC2c3c(cc(OC)c(OC)c3OC)CC[N+]2(C)CCCOC(=O)C#CC(=O)OCCC[N+]2(C)CCc3cc(OC)c(OC)c(OC)c3C2c2cc(OC)c(OC)c(OC)c2)cc(OC)c1OC. The van der Waals surface area contributed by atoms with Crippen LogP contribution in [0.2, 0.25) is 0 Å². The van der Waals surface area contributed by atoms with E-state index < -0.39 is 11.9 Å². The fourth-order valence-corrected chi connectivity index (χ4v) is 10.6. The number of quaternary nitrogens is 2. The minimum absolute atomic E-state index is 0.0641. The number of nitrogens with zero attached hydrogens (tertiary/aromatic N) is 2. The molecule has 2 aliphatic rings. The maximum absolute atomic E-state index is 12.9. The standard InChI is InChI=1S/C55H72N2O16/c1-56(23-19-35-30-43(64-7)52(68-11)54(70-13)47(35)38(56)27-34-28-39(60-3)50(66-9)40(29-34)61-4)21-15-25-72-45(58)17-18-46(59)73-26-16-22-57(2)24-20-36-31-44(65-8)53(69-12)55(71-14)48(36)49(57)37-32-41(62-5)51(67-10)42(33-37)63-6/h28-33,38,49H,15-16,19-27H2,1-14H3/q+2. The predicted octanol–water partition coefficient (Wildman–Crippen LogP) is 6.74. The lowest BCUT2D eigenvalue weighted by molar-refractivity contribution is -0.941. The van der Waals surface area contributed by atoms with Crippen LogP contribution in [0.4, 0.5) is 0 Å². The van der Waals surface area contributed by atoms with Crippen LogP contribution in [-0.4, -0.2) is 160 Å². The Hall–Kier alpha value is -7.10. The van der Waals surface area contributed by atoms with Crippen molar-refractivity contribution in [2.45, 2.75) is 44.2 Å². The second kappa shape index (κ2) is 24.5. The largest absolute Gasteiger partial charge is 0.493 e. The summed E-state index contributed by atoms with van der Waals surface area (Å²) in [5, 5.41) is 0. The van der Waals surface area contributed by atoms with E-state index in [9.17, 15) is 9.59 Å². The number of rotatable bonds is 23. The van der Waals surface area contributed by atoms with Crippen LogP contribution in [0.3, 0.4) is 0 Å². The van der Waals surface area contributed by atoms with Gasteiger partial charge in [0.1, 0.15) is 12.1 Å². The first kappa shape index (κ1) is 55.2.